The number of rotatable bonds is 7. The van der Waals surface area contributed by atoms with Crippen LogP contribution >= 0.6 is 0 Å². The van der Waals surface area contributed by atoms with Crippen molar-refractivity contribution in [2.75, 3.05) is 19.0 Å². The predicted molar refractivity (Wildman–Crippen MR) is 112 cm³/mol. The number of hydrogen-bond donors (Lipinski definition) is 2. The van der Waals surface area contributed by atoms with Gasteiger partial charge in [-0.25, -0.2) is 4.68 Å². The Morgan fingerprint density at radius 2 is 1.84 bits per heavy atom. The van der Waals surface area contributed by atoms with E-state index < -0.39 is 17.8 Å². The lowest BCUT2D eigenvalue weighted by Gasteiger charge is -2.09. The van der Waals surface area contributed by atoms with Gasteiger partial charge < -0.3 is 15.4 Å². The molecule has 0 unspecified atom stereocenters. The van der Waals surface area contributed by atoms with Gasteiger partial charge in [0.1, 0.15) is 6.54 Å². The van der Waals surface area contributed by atoms with Crippen molar-refractivity contribution in [1.29, 1.82) is 0 Å². The lowest BCUT2D eigenvalue weighted by molar-refractivity contribution is -0.139. The highest BCUT2D eigenvalue weighted by Gasteiger charge is 2.34. The molecule has 1 aliphatic carbocycles. The van der Waals surface area contributed by atoms with Crippen molar-refractivity contribution >= 4 is 23.5 Å². The molecule has 0 aliphatic heterocycles. The van der Waals surface area contributed by atoms with Crippen molar-refractivity contribution in [2.24, 2.45) is 0 Å². The molecule has 158 valence electrons. The van der Waals surface area contributed by atoms with Crippen molar-refractivity contribution in [3.05, 3.63) is 71.5 Å². The highest BCUT2D eigenvalue weighted by atomic mass is 16.5. The third-order valence-electron chi connectivity index (χ3n) is 4.89. The molecule has 1 aromatic heterocycles. The van der Waals surface area contributed by atoms with Crippen molar-refractivity contribution < 1.29 is 19.1 Å². The van der Waals surface area contributed by atoms with E-state index in [-0.39, 0.29) is 18.2 Å². The Morgan fingerprint density at radius 1 is 1.06 bits per heavy atom. The maximum Gasteiger partial charge on any atom is 0.325 e. The number of aromatic nitrogens is 3. The van der Waals surface area contributed by atoms with Crippen LogP contribution in [0.1, 0.15) is 45.3 Å². The van der Waals surface area contributed by atoms with E-state index >= 15 is 0 Å². The zero-order chi connectivity index (χ0) is 21.8. The highest BCUT2D eigenvalue weighted by Crippen LogP contribution is 2.42. The summed E-state index contributed by atoms with van der Waals surface area (Å²) in [5, 5.41) is 13.6. The van der Waals surface area contributed by atoms with Crippen LogP contribution in [-0.4, -0.2) is 46.4 Å². The van der Waals surface area contributed by atoms with E-state index in [4.69, 9.17) is 0 Å². The Kier molecular flexibility index (Phi) is 5.74. The predicted octanol–water partition coefficient (Wildman–Crippen LogP) is 2.30. The Morgan fingerprint density at radius 3 is 2.55 bits per heavy atom. The normalized spacial score (nSPS) is 12.8. The molecule has 1 aliphatic rings. The minimum Gasteiger partial charge on any atom is -0.468 e. The smallest absolute Gasteiger partial charge is 0.325 e. The number of nitrogens with one attached hydrogen (secondary N) is 2. The molecule has 1 fully saturated rings. The van der Waals surface area contributed by atoms with Gasteiger partial charge >= 0.3 is 5.97 Å². The van der Waals surface area contributed by atoms with Gasteiger partial charge in [-0.3, -0.25) is 14.4 Å². The third kappa shape index (κ3) is 4.61. The maximum absolute atomic E-state index is 13.0. The van der Waals surface area contributed by atoms with E-state index in [2.05, 4.69) is 25.7 Å². The Bertz CT molecular complexity index is 1120. The monoisotopic (exact) mass is 419 g/mol. The molecule has 9 heteroatoms. The van der Waals surface area contributed by atoms with Gasteiger partial charge in [0, 0.05) is 17.2 Å². The minimum atomic E-state index is -0.549. The van der Waals surface area contributed by atoms with E-state index in [0.717, 1.165) is 24.2 Å². The first-order chi connectivity index (χ1) is 15.1. The Balaban J connectivity index is 1.52. The second-order valence-corrected chi connectivity index (χ2v) is 7.14. The quantitative estimate of drug-likeness (QED) is 0.568. The lowest BCUT2D eigenvalue weighted by atomic mass is 10.1. The second kappa shape index (κ2) is 8.78. The second-order valence-electron chi connectivity index (χ2n) is 7.14. The number of nitrogens with zero attached hydrogens (tertiary/aromatic N) is 3. The molecule has 1 saturated carbocycles. The number of para-hydroxylation sites is 1. The number of hydrogen-bond acceptors (Lipinski definition) is 6. The van der Waals surface area contributed by atoms with Crippen LogP contribution < -0.4 is 10.6 Å². The fraction of sp³-hybridized carbons (Fsp3) is 0.227. The molecule has 0 radical (unpaired) electrons. The topological polar surface area (TPSA) is 115 Å². The number of benzene rings is 2. The first-order valence-corrected chi connectivity index (χ1v) is 9.84. The van der Waals surface area contributed by atoms with Crippen molar-refractivity contribution in [2.45, 2.75) is 18.8 Å². The first kappa shape index (κ1) is 20.3. The van der Waals surface area contributed by atoms with Gasteiger partial charge in [-0.1, -0.05) is 29.5 Å². The molecule has 9 nitrogen and oxygen atoms in total. The Labute approximate surface area is 178 Å². The Hall–Kier alpha value is -4.01. The summed E-state index contributed by atoms with van der Waals surface area (Å²) < 4.78 is 6.22. The third-order valence-corrected chi connectivity index (χ3v) is 4.89. The van der Waals surface area contributed by atoms with Crippen LogP contribution in [0.5, 0.6) is 0 Å². The fourth-order valence-corrected chi connectivity index (χ4v) is 3.19. The summed E-state index contributed by atoms with van der Waals surface area (Å²) in [5.41, 5.74) is 2.64. The van der Waals surface area contributed by atoms with Crippen LogP contribution in [0.3, 0.4) is 0 Å². The molecule has 2 amide bonds. The molecule has 31 heavy (non-hydrogen) atoms. The molecule has 0 atom stereocenters. The van der Waals surface area contributed by atoms with Gasteiger partial charge in [-0.2, -0.15) is 0 Å². The number of amides is 2. The molecule has 1 heterocycles. The van der Waals surface area contributed by atoms with Crippen LogP contribution in [-0.2, 0) is 9.53 Å². The zero-order valence-electron chi connectivity index (χ0n) is 16.9. The maximum atomic E-state index is 13.0. The average molecular weight is 419 g/mol. The molecule has 2 N–H and O–H groups in total. The van der Waals surface area contributed by atoms with Crippen LogP contribution in [0.2, 0.25) is 0 Å². The van der Waals surface area contributed by atoms with E-state index in [0.29, 0.717) is 11.3 Å². The van der Waals surface area contributed by atoms with Gasteiger partial charge in [-0.05, 0) is 43.2 Å². The number of carbonyl (C=O) groups is 3. The molecular weight excluding hydrogens is 398 g/mol. The van der Waals surface area contributed by atoms with Crippen molar-refractivity contribution in [3.63, 3.8) is 0 Å². The summed E-state index contributed by atoms with van der Waals surface area (Å²) >= 11 is 0. The summed E-state index contributed by atoms with van der Waals surface area (Å²) in [6.45, 7) is -0.237. The van der Waals surface area contributed by atoms with E-state index in [9.17, 15) is 14.4 Å². The van der Waals surface area contributed by atoms with Gasteiger partial charge in [0.25, 0.3) is 11.8 Å². The standard InChI is InChI=1S/C22H21N5O4/c1-31-18(28)13-23-21(29)15-6-5-7-16(12-15)24-22(30)19-20(14-10-11-14)27(26-25-19)17-8-3-2-4-9-17/h2-9,12,14H,10-11,13H2,1H3,(H,23,29)(H,24,30). The summed E-state index contributed by atoms with van der Waals surface area (Å²) in [7, 11) is 1.24. The number of ether oxygens (including phenoxy) is 1. The largest absolute Gasteiger partial charge is 0.468 e. The summed E-state index contributed by atoms with van der Waals surface area (Å²) in [4.78, 5) is 36.4. The number of methoxy groups -OCH3 is 1. The van der Waals surface area contributed by atoms with Gasteiger partial charge in [0.2, 0.25) is 0 Å². The number of anilines is 1. The molecule has 3 aromatic rings. The molecule has 2 aromatic carbocycles. The lowest BCUT2D eigenvalue weighted by Crippen LogP contribution is -2.30. The van der Waals surface area contributed by atoms with Crippen LogP contribution in [0.4, 0.5) is 5.69 Å². The number of esters is 1. The summed E-state index contributed by atoms with van der Waals surface area (Å²) in [6.07, 6.45) is 1.96. The van der Waals surface area contributed by atoms with Gasteiger partial charge in [0.15, 0.2) is 5.69 Å². The minimum absolute atomic E-state index is 0.237. The van der Waals surface area contributed by atoms with E-state index in [1.165, 1.54) is 13.2 Å². The number of carbonyl (C=O) groups excluding carboxylic acids is 3. The molecule has 4 rings (SSSR count). The highest BCUT2D eigenvalue weighted by molar-refractivity contribution is 6.05. The van der Waals surface area contributed by atoms with E-state index in [1.807, 2.05) is 30.3 Å². The zero-order valence-corrected chi connectivity index (χ0v) is 16.9. The molecule has 0 spiro atoms. The van der Waals surface area contributed by atoms with Gasteiger partial charge in [0.05, 0.1) is 18.5 Å². The molecule has 0 saturated heterocycles. The van der Waals surface area contributed by atoms with Crippen LogP contribution in [0.25, 0.3) is 5.69 Å². The van der Waals surface area contributed by atoms with Crippen molar-refractivity contribution in [1.82, 2.24) is 20.3 Å². The summed E-state index contributed by atoms with van der Waals surface area (Å²) in [6, 6.07) is 16.0. The average Bonchev–Trinajstić information content (AvgIpc) is 3.55. The molecular formula is C22H21N5O4. The van der Waals surface area contributed by atoms with Crippen LogP contribution in [0.15, 0.2) is 54.6 Å². The van der Waals surface area contributed by atoms with Crippen LogP contribution in [0, 0.1) is 0 Å². The fourth-order valence-electron chi connectivity index (χ4n) is 3.19. The van der Waals surface area contributed by atoms with Crippen molar-refractivity contribution in [3.8, 4) is 5.69 Å². The van der Waals surface area contributed by atoms with Gasteiger partial charge in [-0.15, -0.1) is 5.10 Å². The SMILES string of the molecule is COC(=O)CNC(=O)c1cccc(NC(=O)c2nnn(-c3ccccc3)c2C2CC2)c1. The first-order valence-electron chi connectivity index (χ1n) is 9.84. The van der Waals surface area contributed by atoms with E-state index in [1.54, 1.807) is 22.9 Å². The summed E-state index contributed by atoms with van der Waals surface area (Å²) in [5.74, 6) is -1.15. The molecule has 0 bridgehead atoms.